The van der Waals surface area contributed by atoms with Crippen molar-refractivity contribution in [3.05, 3.63) is 93.0 Å². The maximum absolute atomic E-state index is 12.3. The average Bonchev–Trinajstić information content (AvgIpc) is 3.24. The van der Waals surface area contributed by atoms with Gasteiger partial charge in [0.25, 0.3) is 5.91 Å². The maximum atomic E-state index is 12.3. The molecule has 1 amide bonds. The molecule has 7 heteroatoms. The lowest BCUT2D eigenvalue weighted by atomic mass is 10.2. The fourth-order valence-electron chi connectivity index (χ4n) is 2.57. The van der Waals surface area contributed by atoms with Gasteiger partial charge in [0.1, 0.15) is 11.3 Å². The number of carbonyl (C=O) groups excluding carboxylic acids is 2. The summed E-state index contributed by atoms with van der Waals surface area (Å²) in [6.45, 7) is 0. The molecule has 0 spiro atoms. The van der Waals surface area contributed by atoms with Gasteiger partial charge >= 0.3 is 5.97 Å². The molecule has 2 aromatic carbocycles. The van der Waals surface area contributed by atoms with Crippen molar-refractivity contribution in [1.29, 1.82) is 0 Å². The van der Waals surface area contributed by atoms with Crippen LogP contribution in [-0.2, 0) is 0 Å². The topological polar surface area (TPSA) is 85.6 Å². The van der Waals surface area contributed by atoms with Crippen LogP contribution in [0.2, 0.25) is 0 Å². The average molecular weight is 391 g/mol. The minimum atomic E-state index is -0.779. The van der Waals surface area contributed by atoms with Crippen molar-refractivity contribution in [3.63, 3.8) is 0 Å². The van der Waals surface area contributed by atoms with Crippen molar-refractivity contribution >= 4 is 39.9 Å². The summed E-state index contributed by atoms with van der Waals surface area (Å²) in [6, 6.07) is 17.6. The molecular weight excluding hydrogens is 378 g/mol. The number of rotatable bonds is 4. The number of fused-ring (bicyclic) bond motifs is 1. The van der Waals surface area contributed by atoms with Gasteiger partial charge in [-0.2, -0.15) is 0 Å². The first kappa shape index (κ1) is 17.7. The van der Waals surface area contributed by atoms with E-state index in [0.29, 0.717) is 21.5 Å². The molecule has 1 N–H and O–H groups in total. The van der Waals surface area contributed by atoms with Gasteiger partial charge in [0.15, 0.2) is 5.43 Å². The van der Waals surface area contributed by atoms with Gasteiger partial charge in [-0.1, -0.05) is 18.2 Å². The second-order valence-corrected chi connectivity index (χ2v) is 6.76. The third kappa shape index (κ3) is 3.70. The first-order valence-corrected chi connectivity index (χ1v) is 9.18. The number of carbonyl (C=O) groups is 2. The van der Waals surface area contributed by atoms with E-state index in [4.69, 9.17) is 9.15 Å². The van der Waals surface area contributed by atoms with Crippen LogP contribution < -0.4 is 15.5 Å². The number of anilines is 1. The van der Waals surface area contributed by atoms with Crippen LogP contribution in [0, 0.1) is 0 Å². The number of nitrogens with one attached hydrogen (secondary N) is 1. The summed E-state index contributed by atoms with van der Waals surface area (Å²) in [6.07, 6.45) is 0. The molecule has 2 heterocycles. The first-order valence-electron chi connectivity index (χ1n) is 8.30. The SMILES string of the molecule is O=C(Oc1ccc(NC(=O)c2cccs2)cc1)c1cc(=O)c2ccccc2o1. The number of amides is 1. The highest BCUT2D eigenvalue weighted by Gasteiger charge is 2.15. The Hall–Kier alpha value is -3.71. The van der Waals surface area contributed by atoms with Crippen LogP contribution in [0.15, 0.2) is 81.3 Å². The Bertz CT molecular complexity index is 1210. The fourth-order valence-corrected chi connectivity index (χ4v) is 3.19. The zero-order valence-electron chi connectivity index (χ0n) is 14.4. The lowest BCUT2D eigenvalue weighted by molar-refractivity contribution is 0.0701. The van der Waals surface area contributed by atoms with Crippen LogP contribution in [0.5, 0.6) is 5.75 Å². The molecule has 0 aliphatic heterocycles. The van der Waals surface area contributed by atoms with Crippen molar-refractivity contribution in [2.75, 3.05) is 5.32 Å². The van der Waals surface area contributed by atoms with Gasteiger partial charge in [-0.3, -0.25) is 9.59 Å². The van der Waals surface area contributed by atoms with Gasteiger partial charge in [-0.25, -0.2) is 4.79 Å². The van der Waals surface area contributed by atoms with Gasteiger partial charge in [0.2, 0.25) is 5.76 Å². The molecule has 0 radical (unpaired) electrons. The summed E-state index contributed by atoms with van der Waals surface area (Å²) in [5.74, 6) is -0.912. The van der Waals surface area contributed by atoms with E-state index in [-0.39, 0.29) is 22.8 Å². The molecule has 4 rings (SSSR count). The fraction of sp³-hybridized carbons (Fsp3) is 0. The minimum absolute atomic E-state index is 0.182. The van der Waals surface area contributed by atoms with E-state index < -0.39 is 5.97 Å². The molecule has 0 atom stereocenters. The normalized spacial score (nSPS) is 10.6. The molecule has 0 unspecified atom stereocenters. The molecule has 0 aliphatic carbocycles. The summed E-state index contributed by atoms with van der Waals surface area (Å²) in [5.41, 5.74) is 0.560. The van der Waals surface area contributed by atoms with E-state index in [1.165, 1.54) is 11.3 Å². The number of benzene rings is 2. The molecule has 0 saturated heterocycles. The van der Waals surface area contributed by atoms with E-state index >= 15 is 0 Å². The molecular formula is C21H13NO5S. The second-order valence-electron chi connectivity index (χ2n) is 5.82. The predicted molar refractivity (Wildman–Crippen MR) is 106 cm³/mol. The number of para-hydroxylation sites is 1. The largest absolute Gasteiger partial charge is 0.449 e. The standard InChI is InChI=1S/C21H13NO5S/c23-16-12-18(27-17-5-2-1-4-15(16)17)21(25)26-14-9-7-13(8-10-14)22-20(24)19-6-3-11-28-19/h1-12H,(H,22,24). The van der Waals surface area contributed by atoms with E-state index in [2.05, 4.69) is 5.32 Å². The van der Waals surface area contributed by atoms with Crippen LogP contribution in [-0.4, -0.2) is 11.9 Å². The number of hydrogen-bond acceptors (Lipinski definition) is 6. The van der Waals surface area contributed by atoms with E-state index in [1.54, 1.807) is 60.7 Å². The maximum Gasteiger partial charge on any atom is 0.379 e. The Morgan fingerprint density at radius 3 is 2.50 bits per heavy atom. The Morgan fingerprint density at radius 1 is 0.964 bits per heavy atom. The molecule has 0 bridgehead atoms. The molecule has 6 nitrogen and oxygen atoms in total. The Labute approximate surface area is 163 Å². The van der Waals surface area contributed by atoms with Gasteiger partial charge in [-0.15, -0.1) is 11.3 Å². The van der Waals surface area contributed by atoms with E-state index in [1.807, 2.05) is 5.38 Å². The second kappa shape index (κ2) is 7.50. The highest BCUT2D eigenvalue weighted by Crippen LogP contribution is 2.19. The smallest absolute Gasteiger partial charge is 0.379 e. The summed E-state index contributed by atoms with van der Waals surface area (Å²) in [5, 5.41) is 4.97. The van der Waals surface area contributed by atoms with Crippen molar-refractivity contribution in [1.82, 2.24) is 0 Å². The van der Waals surface area contributed by atoms with Gasteiger partial charge in [0.05, 0.1) is 10.3 Å². The first-order chi connectivity index (χ1) is 13.6. The summed E-state index contributed by atoms with van der Waals surface area (Å²) in [4.78, 5) is 37.0. The molecule has 0 saturated carbocycles. The number of ether oxygens (including phenoxy) is 1. The monoisotopic (exact) mass is 391 g/mol. The van der Waals surface area contributed by atoms with E-state index in [0.717, 1.165) is 6.07 Å². The lowest BCUT2D eigenvalue weighted by Gasteiger charge is -2.07. The van der Waals surface area contributed by atoms with Crippen molar-refractivity contribution in [2.24, 2.45) is 0 Å². The van der Waals surface area contributed by atoms with Crippen LogP contribution in [0.25, 0.3) is 11.0 Å². The molecule has 4 aromatic rings. The predicted octanol–water partition coefficient (Wildman–Crippen LogP) is 4.33. The highest BCUT2D eigenvalue weighted by molar-refractivity contribution is 7.12. The number of hydrogen-bond donors (Lipinski definition) is 1. The highest BCUT2D eigenvalue weighted by atomic mass is 32.1. The zero-order valence-corrected chi connectivity index (χ0v) is 15.2. The van der Waals surface area contributed by atoms with Crippen LogP contribution in [0.3, 0.4) is 0 Å². The number of thiophene rings is 1. The van der Waals surface area contributed by atoms with Crippen LogP contribution in [0.1, 0.15) is 20.2 Å². The Morgan fingerprint density at radius 2 is 1.75 bits per heavy atom. The van der Waals surface area contributed by atoms with Crippen molar-refractivity contribution in [3.8, 4) is 5.75 Å². The minimum Gasteiger partial charge on any atom is -0.449 e. The summed E-state index contributed by atoms with van der Waals surface area (Å²) < 4.78 is 10.7. The van der Waals surface area contributed by atoms with E-state index in [9.17, 15) is 14.4 Å². The third-order valence-electron chi connectivity index (χ3n) is 3.90. The molecule has 138 valence electrons. The summed E-state index contributed by atoms with van der Waals surface area (Å²) >= 11 is 1.34. The Kier molecular flexibility index (Phi) is 4.74. The molecule has 0 fully saturated rings. The van der Waals surface area contributed by atoms with Gasteiger partial charge in [0, 0.05) is 11.8 Å². The lowest BCUT2D eigenvalue weighted by Crippen LogP contribution is -2.13. The summed E-state index contributed by atoms with van der Waals surface area (Å²) in [7, 11) is 0. The molecule has 28 heavy (non-hydrogen) atoms. The zero-order chi connectivity index (χ0) is 19.5. The van der Waals surface area contributed by atoms with Gasteiger partial charge < -0.3 is 14.5 Å². The van der Waals surface area contributed by atoms with Crippen LogP contribution in [0.4, 0.5) is 5.69 Å². The molecule has 0 aliphatic rings. The number of esters is 1. The van der Waals surface area contributed by atoms with Crippen LogP contribution >= 0.6 is 11.3 Å². The van der Waals surface area contributed by atoms with Crippen molar-refractivity contribution in [2.45, 2.75) is 0 Å². The Balaban J connectivity index is 1.48. The third-order valence-corrected chi connectivity index (χ3v) is 4.77. The quantitative estimate of drug-likeness (QED) is 0.413. The van der Waals surface area contributed by atoms with Crippen molar-refractivity contribution < 1.29 is 18.7 Å². The van der Waals surface area contributed by atoms with Gasteiger partial charge in [-0.05, 0) is 47.8 Å². The molecule has 2 aromatic heterocycles.